The topological polar surface area (TPSA) is 18.5 Å². The van der Waals surface area contributed by atoms with Gasteiger partial charge in [-0.3, -0.25) is 0 Å². The van der Waals surface area contributed by atoms with Gasteiger partial charge in [-0.2, -0.15) is 0 Å². The van der Waals surface area contributed by atoms with Gasteiger partial charge in [0.05, 0.1) is 18.1 Å². The lowest BCUT2D eigenvalue weighted by atomic mass is 10.2. The van der Waals surface area contributed by atoms with E-state index in [2.05, 4.69) is 26.0 Å². The first-order valence-corrected chi connectivity index (χ1v) is 5.43. The molecule has 0 radical (unpaired) electrons. The van der Waals surface area contributed by atoms with Crippen LogP contribution < -0.4 is 0 Å². The summed E-state index contributed by atoms with van der Waals surface area (Å²) in [7, 11) is 0. The van der Waals surface area contributed by atoms with Crippen molar-refractivity contribution < 1.29 is 9.47 Å². The number of aryl methyl sites for hydroxylation is 1. The molecule has 3 heteroatoms. The number of rotatable bonds is 2. The standard InChI is InChI=1S/C10H14O2S/c1-3-10(11-6-7-12-10)9-5-4-8(2)13-9/h4-5H,3,6-7H2,1-2H3. The van der Waals surface area contributed by atoms with Gasteiger partial charge in [-0.1, -0.05) is 6.92 Å². The molecule has 2 nitrogen and oxygen atoms in total. The van der Waals surface area contributed by atoms with Gasteiger partial charge in [0.2, 0.25) is 5.79 Å². The fraction of sp³-hybridized carbons (Fsp3) is 0.600. The van der Waals surface area contributed by atoms with E-state index in [9.17, 15) is 0 Å². The van der Waals surface area contributed by atoms with Gasteiger partial charge in [-0.05, 0) is 19.1 Å². The maximum Gasteiger partial charge on any atom is 0.204 e. The summed E-state index contributed by atoms with van der Waals surface area (Å²) in [5, 5.41) is 0. The normalized spacial score (nSPS) is 20.8. The van der Waals surface area contributed by atoms with Crippen LogP contribution >= 0.6 is 11.3 Å². The van der Waals surface area contributed by atoms with Crippen molar-refractivity contribution in [2.45, 2.75) is 26.1 Å². The Balaban J connectivity index is 2.30. The maximum atomic E-state index is 5.68. The zero-order valence-corrected chi connectivity index (χ0v) is 8.82. The Morgan fingerprint density at radius 1 is 1.38 bits per heavy atom. The number of thiophene rings is 1. The molecule has 0 spiro atoms. The van der Waals surface area contributed by atoms with Crippen molar-refractivity contribution in [3.63, 3.8) is 0 Å². The molecule has 1 aromatic heterocycles. The quantitative estimate of drug-likeness (QED) is 0.727. The van der Waals surface area contributed by atoms with Crippen LogP contribution in [-0.4, -0.2) is 13.2 Å². The average Bonchev–Trinajstić information content (AvgIpc) is 2.73. The molecule has 1 aliphatic rings. The minimum Gasteiger partial charge on any atom is -0.343 e. The van der Waals surface area contributed by atoms with Gasteiger partial charge in [-0.15, -0.1) is 11.3 Å². The maximum absolute atomic E-state index is 5.68. The zero-order valence-electron chi connectivity index (χ0n) is 8.00. The predicted octanol–water partition coefficient (Wildman–Crippen LogP) is 2.67. The Hall–Kier alpha value is -0.380. The molecule has 0 atom stereocenters. The molecular weight excluding hydrogens is 184 g/mol. The SMILES string of the molecule is CCC1(c2ccc(C)s2)OCCO1. The molecule has 0 aliphatic carbocycles. The van der Waals surface area contributed by atoms with Crippen molar-refractivity contribution >= 4 is 11.3 Å². The van der Waals surface area contributed by atoms with Gasteiger partial charge >= 0.3 is 0 Å². The van der Waals surface area contributed by atoms with Gasteiger partial charge in [0.25, 0.3) is 0 Å². The zero-order chi connectivity index (χ0) is 9.31. The molecule has 1 aromatic rings. The molecule has 72 valence electrons. The second kappa shape index (κ2) is 3.40. The lowest BCUT2D eigenvalue weighted by Gasteiger charge is -2.24. The van der Waals surface area contributed by atoms with E-state index in [4.69, 9.17) is 9.47 Å². The molecule has 0 amide bonds. The minimum absolute atomic E-state index is 0.432. The van der Waals surface area contributed by atoms with Gasteiger partial charge in [0.15, 0.2) is 0 Å². The van der Waals surface area contributed by atoms with E-state index in [1.54, 1.807) is 11.3 Å². The van der Waals surface area contributed by atoms with Gasteiger partial charge in [0, 0.05) is 11.3 Å². The van der Waals surface area contributed by atoms with Crippen LogP contribution in [-0.2, 0) is 15.3 Å². The molecule has 0 unspecified atom stereocenters. The summed E-state index contributed by atoms with van der Waals surface area (Å²) >= 11 is 1.76. The van der Waals surface area contributed by atoms with E-state index < -0.39 is 5.79 Å². The second-order valence-corrected chi connectivity index (χ2v) is 4.50. The van der Waals surface area contributed by atoms with Crippen molar-refractivity contribution in [2.75, 3.05) is 13.2 Å². The van der Waals surface area contributed by atoms with Crippen molar-refractivity contribution in [3.8, 4) is 0 Å². The second-order valence-electron chi connectivity index (χ2n) is 3.21. The largest absolute Gasteiger partial charge is 0.343 e. The van der Waals surface area contributed by atoms with Crippen molar-refractivity contribution in [1.82, 2.24) is 0 Å². The van der Waals surface area contributed by atoms with Crippen molar-refractivity contribution in [1.29, 1.82) is 0 Å². The van der Waals surface area contributed by atoms with Crippen molar-refractivity contribution in [2.24, 2.45) is 0 Å². The molecule has 0 bridgehead atoms. The van der Waals surface area contributed by atoms with Crippen LogP contribution in [0.4, 0.5) is 0 Å². The highest BCUT2D eigenvalue weighted by molar-refractivity contribution is 7.12. The Morgan fingerprint density at radius 3 is 2.54 bits per heavy atom. The first kappa shape index (κ1) is 9.19. The molecule has 1 saturated heterocycles. The molecular formula is C10H14O2S. The Bertz CT molecular complexity index is 287. The summed E-state index contributed by atoms with van der Waals surface area (Å²) in [6.45, 7) is 5.63. The van der Waals surface area contributed by atoms with Crippen molar-refractivity contribution in [3.05, 3.63) is 21.9 Å². The van der Waals surface area contributed by atoms with E-state index in [-0.39, 0.29) is 0 Å². The smallest absolute Gasteiger partial charge is 0.204 e. The molecule has 0 N–H and O–H groups in total. The van der Waals surface area contributed by atoms with E-state index in [0.717, 1.165) is 6.42 Å². The van der Waals surface area contributed by atoms with E-state index >= 15 is 0 Å². The monoisotopic (exact) mass is 198 g/mol. The molecule has 1 aliphatic heterocycles. The lowest BCUT2D eigenvalue weighted by Crippen LogP contribution is -2.24. The molecule has 0 saturated carbocycles. The molecule has 2 heterocycles. The van der Waals surface area contributed by atoms with Gasteiger partial charge < -0.3 is 9.47 Å². The molecule has 13 heavy (non-hydrogen) atoms. The molecule has 2 rings (SSSR count). The van der Waals surface area contributed by atoms with Crippen LogP contribution in [0.2, 0.25) is 0 Å². The Labute approximate surface area is 82.5 Å². The number of ether oxygens (including phenoxy) is 2. The summed E-state index contributed by atoms with van der Waals surface area (Å²) in [6, 6.07) is 4.22. The average molecular weight is 198 g/mol. The summed E-state index contributed by atoms with van der Waals surface area (Å²) in [6.07, 6.45) is 0.882. The van der Waals surface area contributed by atoms with E-state index in [0.29, 0.717) is 13.2 Å². The van der Waals surface area contributed by atoms with Crippen LogP contribution in [0.1, 0.15) is 23.1 Å². The van der Waals surface area contributed by atoms with E-state index in [1.165, 1.54) is 9.75 Å². The third-order valence-corrected chi connectivity index (χ3v) is 3.46. The summed E-state index contributed by atoms with van der Waals surface area (Å²) in [5.41, 5.74) is 0. The fourth-order valence-electron chi connectivity index (χ4n) is 1.61. The van der Waals surface area contributed by atoms with Gasteiger partial charge in [0.1, 0.15) is 0 Å². The first-order valence-electron chi connectivity index (χ1n) is 4.62. The Kier molecular flexibility index (Phi) is 2.41. The van der Waals surface area contributed by atoms with Crippen LogP contribution in [0.5, 0.6) is 0 Å². The highest BCUT2D eigenvalue weighted by Gasteiger charge is 2.37. The third kappa shape index (κ3) is 1.52. The van der Waals surface area contributed by atoms with Crippen LogP contribution in [0, 0.1) is 6.92 Å². The van der Waals surface area contributed by atoms with Crippen LogP contribution in [0.25, 0.3) is 0 Å². The predicted molar refractivity (Wildman–Crippen MR) is 52.9 cm³/mol. The lowest BCUT2D eigenvalue weighted by molar-refractivity contribution is -0.164. The van der Waals surface area contributed by atoms with Crippen LogP contribution in [0.3, 0.4) is 0 Å². The summed E-state index contributed by atoms with van der Waals surface area (Å²) in [4.78, 5) is 2.51. The molecule has 1 fully saturated rings. The van der Waals surface area contributed by atoms with Crippen LogP contribution in [0.15, 0.2) is 12.1 Å². The minimum atomic E-state index is -0.432. The Morgan fingerprint density at radius 2 is 2.08 bits per heavy atom. The molecule has 0 aromatic carbocycles. The summed E-state index contributed by atoms with van der Waals surface area (Å²) < 4.78 is 11.4. The highest BCUT2D eigenvalue weighted by atomic mass is 32.1. The summed E-state index contributed by atoms with van der Waals surface area (Å²) in [5.74, 6) is -0.432. The third-order valence-electron chi connectivity index (χ3n) is 2.33. The van der Waals surface area contributed by atoms with Gasteiger partial charge in [-0.25, -0.2) is 0 Å². The number of hydrogen-bond donors (Lipinski definition) is 0. The van der Waals surface area contributed by atoms with E-state index in [1.807, 2.05) is 0 Å². The first-order chi connectivity index (χ1) is 6.27. The highest BCUT2D eigenvalue weighted by Crippen LogP contribution is 2.38. The fourth-order valence-corrected chi connectivity index (χ4v) is 2.65. The number of hydrogen-bond acceptors (Lipinski definition) is 3.